The number of thiophene rings is 1. The van der Waals surface area contributed by atoms with Crippen LogP contribution in [0.3, 0.4) is 0 Å². The minimum Gasteiger partial charge on any atom is -0.496 e. The van der Waals surface area contributed by atoms with Crippen LogP contribution in [0.25, 0.3) is 10.6 Å². The summed E-state index contributed by atoms with van der Waals surface area (Å²) in [5, 5.41) is 15.5. The molecule has 0 radical (unpaired) electrons. The standard InChI is InChI=1S/C20H20N2O4S/c1-25-15-7-8-16(14-5-2-4-13(14)15)26-17-12-22(10-9-19(23)24)21-20(17)18-6-3-11-27-18/h3,6-8,11-12H,2,4-5,9-10H2,1H3,(H,23,24). The van der Waals surface area contributed by atoms with Gasteiger partial charge in [0.05, 0.1) is 31.1 Å². The molecule has 0 fully saturated rings. The number of aliphatic carboxylic acids is 1. The molecule has 0 unspecified atom stereocenters. The molecule has 1 aromatic carbocycles. The van der Waals surface area contributed by atoms with E-state index in [0.717, 1.165) is 41.3 Å². The molecule has 140 valence electrons. The lowest BCUT2D eigenvalue weighted by Gasteiger charge is -2.13. The second-order valence-corrected chi connectivity index (χ2v) is 7.35. The average Bonchev–Trinajstić information content (AvgIpc) is 3.40. The highest BCUT2D eigenvalue weighted by Crippen LogP contribution is 2.41. The van der Waals surface area contributed by atoms with E-state index in [9.17, 15) is 4.79 Å². The molecule has 2 heterocycles. The largest absolute Gasteiger partial charge is 0.496 e. The SMILES string of the molecule is COc1ccc(Oc2cn(CCC(=O)O)nc2-c2cccs2)c2c1CCC2. The summed E-state index contributed by atoms with van der Waals surface area (Å²) >= 11 is 1.58. The normalized spacial score (nSPS) is 12.8. The molecule has 7 heteroatoms. The van der Waals surface area contributed by atoms with Crippen molar-refractivity contribution in [3.8, 4) is 27.8 Å². The number of carboxylic acids is 1. The minimum atomic E-state index is -0.849. The molecule has 6 nitrogen and oxygen atoms in total. The predicted octanol–water partition coefficient (Wildman–Crippen LogP) is 4.38. The average molecular weight is 384 g/mol. The number of ether oxygens (including phenoxy) is 2. The van der Waals surface area contributed by atoms with Crippen LogP contribution in [0, 0.1) is 0 Å². The Morgan fingerprint density at radius 2 is 2.00 bits per heavy atom. The Bertz CT molecular complexity index is 963. The number of aryl methyl sites for hydroxylation is 1. The lowest BCUT2D eigenvalue weighted by atomic mass is 10.1. The molecule has 0 bridgehead atoms. The summed E-state index contributed by atoms with van der Waals surface area (Å²) in [5.74, 6) is 1.52. The number of methoxy groups -OCH3 is 1. The van der Waals surface area contributed by atoms with Gasteiger partial charge >= 0.3 is 5.97 Å². The second-order valence-electron chi connectivity index (χ2n) is 6.40. The Kier molecular flexibility index (Phi) is 4.85. The zero-order valence-corrected chi connectivity index (χ0v) is 15.8. The highest BCUT2D eigenvalue weighted by molar-refractivity contribution is 7.13. The Hall–Kier alpha value is -2.80. The number of carboxylic acid groups (broad SMARTS) is 1. The number of hydrogen-bond acceptors (Lipinski definition) is 5. The molecule has 0 saturated heterocycles. The lowest BCUT2D eigenvalue weighted by Crippen LogP contribution is -2.04. The van der Waals surface area contributed by atoms with Gasteiger partial charge in [0.15, 0.2) is 5.75 Å². The van der Waals surface area contributed by atoms with E-state index in [1.807, 2.05) is 29.6 Å². The molecular formula is C20H20N2O4S. The number of fused-ring (bicyclic) bond motifs is 1. The van der Waals surface area contributed by atoms with Gasteiger partial charge in [0.25, 0.3) is 0 Å². The van der Waals surface area contributed by atoms with Crippen LogP contribution in [0.5, 0.6) is 17.2 Å². The summed E-state index contributed by atoms with van der Waals surface area (Å²) in [6.07, 6.45) is 4.84. The van der Waals surface area contributed by atoms with E-state index in [1.165, 1.54) is 11.1 Å². The molecule has 0 saturated carbocycles. The molecule has 1 N–H and O–H groups in total. The fraction of sp³-hybridized carbons (Fsp3) is 0.300. The molecule has 0 atom stereocenters. The number of benzene rings is 1. The number of nitrogens with zero attached hydrogens (tertiary/aromatic N) is 2. The van der Waals surface area contributed by atoms with Crippen LogP contribution in [0.1, 0.15) is 24.0 Å². The van der Waals surface area contributed by atoms with Crippen LogP contribution >= 0.6 is 11.3 Å². The summed E-state index contributed by atoms with van der Waals surface area (Å²) in [6, 6.07) is 7.83. The monoisotopic (exact) mass is 384 g/mol. The maximum atomic E-state index is 10.9. The third-order valence-corrected chi connectivity index (χ3v) is 5.55. The first-order chi connectivity index (χ1) is 13.2. The van der Waals surface area contributed by atoms with E-state index in [2.05, 4.69) is 5.10 Å². The van der Waals surface area contributed by atoms with Gasteiger partial charge in [-0.2, -0.15) is 5.10 Å². The van der Waals surface area contributed by atoms with Gasteiger partial charge in [-0.05, 0) is 42.8 Å². The first-order valence-electron chi connectivity index (χ1n) is 8.85. The molecular weight excluding hydrogens is 364 g/mol. The summed E-state index contributed by atoms with van der Waals surface area (Å²) in [5.41, 5.74) is 3.13. The van der Waals surface area contributed by atoms with E-state index in [-0.39, 0.29) is 6.42 Å². The highest BCUT2D eigenvalue weighted by Gasteiger charge is 2.22. The van der Waals surface area contributed by atoms with Gasteiger partial charge in [0.1, 0.15) is 17.2 Å². The molecule has 4 rings (SSSR count). The van der Waals surface area contributed by atoms with Crippen molar-refractivity contribution in [3.63, 3.8) is 0 Å². The summed E-state index contributed by atoms with van der Waals surface area (Å²) in [4.78, 5) is 11.9. The van der Waals surface area contributed by atoms with Gasteiger partial charge in [-0.1, -0.05) is 6.07 Å². The van der Waals surface area contributed by atoms with Gasteiger partial charge in [-0.15, -0.1) is 11.3 Å². The topological polar surface area (TPSA) is 73.6 Å². The van der Waals surface area contributed by atoms with Crippen LogP contribution in [-0.2, 0) is 24.2 Å². The molecule has 2 aromatic heterocycles. The van der Waals surface area contributed by atoms with Crippen molar-refractivity contribution in [2.45, 2.75) is 32.2 Å². The number of aromatic nitrogens is 2. The highest BCUT2D eigenvalue weighted by atomic mass is 32.1. The predicted molar refractivity (Wildman–Crippen MR) is 103 cm³/mol. The smallest absolute Gasteiger partial charge is 0.305 e. The van der Waals surface area contributed by atoms with Crippen LogP contribution < -0.4 is 9.47 Å². The Labute approximate surface area is 161 Å². The molecule has 0 amide bonds. The molecule has 27 heavy (non-hydrogen) atoms. The molecule has 0 spiro atoms. The molecule has 0 aliphatic heterocycles. The van der Waals surface area contributed by atoms with Gasteiger partial charge < -0.3 is 14.6 Å². The maximum absolute atomic E-state index is 10.9. The number of hydrogen-bond donors (Lipinski definition) is 1. The van der Waals surface area contributed by atoms with E-state index in [4.69, 9.17) is 14.6 Å². The van der Waals surface area contributed by atoms with Gasteiger partial charge in [-0.25, -0.2) is 0 Å². The lowest BCUT2D eigenvalue weighted by molar-refractivity contribution is -0.137. The van der Waals surface area contributed by atoms with Crippen molar-refractivity contribution >= 4 is 17.3 Å². The first kappa shape index (κ1) is 17.6. The third kappa shape index (κ3) is 3.55. The Balaban J connectivity index is 1.69. The third-order valence-electron chi connectivity index (χ3n) is 4.68. The van der Waals surface area contributed by atoms with E-state index in [1.54, 1.807) is 29.3 Å². The van der Waals surface area contributed by atoms with Crippen molar-refractivity contribution < 1.29 is 19.4 Å². The fourth-order valence-corrected chi connectivity index (χ4v) is 4.15. The zero-order valence-electron chi connectivity index (χ0n) is 15.0. The molecule has 1 aliphatic rings. The summed E-state index contributed by atoms with van der Waals surface area (Å²) < 4.78 is 13.4. The molecule has 3 aromatic rings. The van der Waals surface area contributed by atoms with Gasteiger partial charge in [0.2, 0.25) is 0 Å². The van der Waals surface area contributed by atoms with E-state index in [0.29, 0.717) is 12.3 Å². The van der Waals surface area contributed by atoms with Gasteiger partial charge in [0, 0.05) is 11.1 Å². The quantitative estimate of drug-likeness (QED) is 0.654. The van der Waals surface area contributed by atoms with Crippen molar-refractivity contribution in [3.05, 3.63) is 47.0 Å². The zero-order chi connectivity index (χ0) is 18.8. The van der Waals surface area contributed by atoms with Crippen LogP contribution in [-0.4, -0.2) is 28.0 Å². The van der Waals surface area contributed by atoms with Crippen LogP contribution in [0.15, 0.2) is 35.8 Å². The van der Waals surface area contributed by atoms with E-state index >= 15 is 0 Å². The van der Waals surface area contributed by atoms with Gasteiger partial charge in [-0.3, -0.25) is 9.48 Å². The summed E-state index contributed by atoms with van der Waals surface area (Å²) in [7, 11) is 1.69. The molecule has 1 aliphatic carbocycles. The van der Waals surface area contributed by atoms with Crippen molar-refractivity contribution in [1.29, 1.82) is 0 Å². The van der Waals surface area contributed by atoms with Crippen molar-refractivity contribution in [2.24, 2.45) is 0 Å². The van der Waals surface area contributed by atoms with Crippen molar-refractivity contribution in [1.82, 2.24) is 9.78 Å². The second kappa shape index (κ2) is 7.44. The fourth-order valence-electron chi connectivity index (χ4n) is 3.43. The minimum absolute atomic E-state index is 0.0168. The number of carbonyl (C=O) groups is 1. The summed E-state index contributed by atoms with van der Waals surface area (Å²) in [6.45, 7) is 0.303. The number of rotatable bonds is 7. The Morgan fingerprint density at radius 3 is 2.70 bits per heavy atom. The maximum Gasteiger partial charge on any atom is 0.305 e. The van der Waals surface area contributed by atoms with Crippen molar-refractivity contribution in [2.75, 3.05) is 7.11 Å². The van der Waals surface area contributed by atoms with E-state index < -0.39 is 5.97 Å². The Morgan fingerprint density at radius 1 is 1.22 bits per heavy atom. The first-order valence-corrected chi connectivity index (χ1v) is 9.73. The van der Waals surface area contributed by atoms with Crippen LogP contribution in [0.4, 0.5) is 0 Å². The van der Waals surface area contributed by atoms with Crippen LogP contribution in [0.2, 0.25) is 0 Å².